The van der Waals surface area contributed by atoms with Crippen LogP contribution in [0.15, 0.2) is 71.7 Å². The molecule has 1 fully saturated rings. The first-order chi connectivity index (χ1) is 16.1. The van der Waals surface area contributed by atoms with Crippen molar-refractivity contribution in [2.75, 3.05) is 38.1 Å². The highest BCUT2D eigenvalue weighted by molar-refractivity contribution is 5.99. The molecule has 0 bridgehead atoms. The smallest absolute Gasteiger partial charge is 0.273 e. The Hall–Kier alpha value is -3.91. The van der Waals surface area contributed by atoms with E-state index < -0.39 is 0 Å². The van der Waals surface area contributed by atoms with Crippen LogP contribution in [-0.2, 0) is 6.54 Å². The maximum absolute atomic E-state index is 12.9. The number of amides is 1. The van der Waals surface area contributed by atoms with E-state index >= 15 is 0 Å². The molecule has 1 saturated heterocycles. The predicted molar refractivity (Wildman–Crippen MR) is 129 cm³/mol. The lowest BCUT2D eigenvalue weighted by Crippen LogP contribution is -2.44. The van der Waals surface area contributed by atoms with Gasteiger partial charge in [0, 0.05) is 56.2 Å². The molecular weight excluding hydrogens is 416 g/mol. The highest BCUT2D eigenvalue weighted by Crippen LogP contribution is 2.18. The topological polar surface area (TPSA) is 85.7 Å². The third-order valence-corrected chi connectivity index (χ3v) is 6.07. The molecule has 8 nitrogen and oxygen atoms in total. The van der Waals surface area contributed by atoms with Crippen molar-refractivity contribution in [3.8, 4) is 11.3 Å². The number of piperazine rings is 1. The molecule has 2 aromatic heterocycles. The van der Waals surface area contributed by atoms with Crippen LogP contribution >= 0.6 is 0 Å². The van der Waals surface area contributed by atoms with Crippen LogP contribution in [0.3, 0.4) is 0 Å². The monoisotopic (exact) mass is 442 g/mol. The fourth-order valence-electron chi connectivity index (χ4n) is 4.07. The molecule has 3 heterocycles. The number of hydrogen-bond donors (Lipinski definition) is 2. The summed E-state index contributed by atoms with van der Waals surface area (Å²) in [5.74, 6) is -0.283. The van der Waals surface area contributed by atoms with Crippen LogP contribution in [-0.4, -0.2) is 58.6 Å². The number of rotatable bonds is 5. The Morgan fingerprint density at radius 3 is 2.48 bits per heavy atom. The largest absolute Gasteiger partial charge is 0.369 e. The van der Waals surface area contributed by atoms with Gasteiger partial charge in [-0.15, -0.1) is 0 Å². The first kappa shape index (κ1) is 21.0. The van der Waals surface area contributed by atoms with Crippen LogP contribution in [0, 0.1) is 0 Å². The molecular formula is C25H26N6O2. The van der Waals surface area contributed by atoms with Gasteiger partial charge in [0.1, 0.15) is 5.56 Å². The van der Waals surface area contributed by atoms with E-state index in [9.17, 15) is 9.59 Å². The summed E-state index contributed by atoms with van der Waals surface area (Å²) in [6.45, 7) is 4.55. The number of fused-ring (bicyclic) bond motifs is 1. The first-order valence-corrected chi connectivity index (χ1v) is 11.1. The van der Waals surface area contributed by atoms with E-state index in [-0.39, 0.29) is 11.5 Å². The quantitative estimate of drug-likeness (QED) is 0.496. The van der Waals surface area contributed by atoms with Crippen molar-refractivity contribution in [2.45, 2.75) is 6.54 Å². The molecule has 1 aliphatic heterocycles. The number of nitrogens with zero attached hydrogens (tertiary/aromatic N) is 4. The number of hydrogen-bond acceptors (Lipinski definition) is 5. The summed E-state index contributed by atoms with van der Waals surface area (Å²) in [5, 5.41) is 5.78. The Labute approximate surface area is 191 Å². The first-order valence-electron chi connectivity index (χ1n) is 11.1. The van der Waals surface area contributed by atoms with Crippen molar-refractivity contribution >= 4 is 17.2 Å². The molecule has 33 heavy (non-hydrogen) atoms. The number of H-pyrrole nitrogens is 1. The summed E-state index contributed by atoms with van der Waals surface area (Å²) in [7, 11) is 2.14. The number of nitrogens with one attached hydrogen (secondary N) is 2. The summed E-state index contributed by atoms with van der Waals surface area (Å²) in [4.78, 5) is 34.7. The lowest BCUT2D eigenvalue weighted by molar-refractivity contribution is 0.0952. The minimum Gasteiger partial charge on any atom is -0.369 e. The van der Waals surface area contributed by atoms with E-state index in [0.29, 0.717) is 23.4 Å². The van der Waals surface area contributed by atoms with Crippen molar-refractivity contribution in [3.63, 3.8) is 0 Å². The molecule has 0 aliphatic carbocycles. The Kier molecular flexibility index (Phi) is 5.66. The van der Waals surface area contributed by atoms with Gasteiger partial charge in [-0.1, -0.05) is 42.5 Å². The number of carbonyl (C=O) groups is 1. The van der Waals surface area contributed by atoms with Gasteiger partial charge in [0.15, 0.2) is 5.65 Å². The van der Waals surface area contributed by atoms with Crippen LogP contribution in [0.4, 0.5) is 5.69 Å². The molecule has 4 aromatic rings. The second kappa shape index (κ2) is 8.91. The second-order valence-corrected chi connectivity index (χ2v) is 8.33. The average molecular weight is 443 g/mol. The second-order valence-electron chi connectivity index (χ2n) is 8.33. The van der Waals surface area contributed by atoms with Crippen LogP contribution in [0.5, 0.6) is 0 Å². The van der Waals surface area contributed by atoms with Crippen molar-refractivity contribution in [1.82, 2.24) is 24.8 Å². The number of likely N-dealkylation sites (N-methyl/N-ethyl adjacent to an activating group) is 1. The maximum Gasteiger partial charge on any atom is 0.273 e. The van der Waals surface area contributed by atoms with Crippen LogP contribution in [0.1, 0.15) is 15.9 Å². The van der Waals surface area contributed by atoms with Gasteiger partial charge in [0.05, 0.1) is 5.69 Å². The summed E-state index contributed by atoms with van der Waals surface area (Å²) >= 11 is 0. The molecule has 0 atom stereocenters. The highest BCUT2D eigenvalue weighted by Gasteiger charge is 2.17. The van der Waals surface area contributed by atoms with E-state index in [1.54, 1.807) is 0 Å². The summed E-state index contributed by atoms with van der Waals surface area (Å²) in [6, 6.07) is 19.2. The molecule has 1 aliphatic rings. The standard InChI is InChI=1S/C25H26N6O2/c1-29-11-13-30(14-12-29)20-9-7-18(8-10-20)16-26-25(33)21-17-27-31-23(32)15-22(28-24(21)31)19-5-3-2-4-6-19/h2-10,15,17,27H,11-14,16H2,1H3,(H,26,33). The van der Waals surface area contributed by atoms with Gasteiger partial charge in [0.25, 0.3) is 11.5 Å². The molecule has 0 spiro atoms. The Balaban J connectivity index is 1.30. The van der Waals surface area contributed by atoms with Crippen molar-refractivity contribution in [3.05, 3.63) is 88.3 Å². The van der Waals surface area contributed by atoms with Crippen molar-refractivity contribution in [2.24, 2.45) is 0 Å². The number of benzene rings is 2. The SMILES string of the molecule is CN1CCN(c2ccc(CNC(=O)c3c[nH]n4c(=O)cc(-c5ccccc5)nc34)cc2)CC1. The van der Waals surface area contributed by atoms with E-state index in [4.69, 9.17) is 0 Å². The van der Waals surface area contributed by atoms with E-state index in [2.05, 4.69) is 44.4 Å². The number of carbonyl (C=O) groups excluding carboxylic acids is 1. The van der Waals surface area contributed by atoms with Gasteiger partial charge in [-0.25, -0.2) is 9.50 Å². The summed E-state index contributed by atoms with van der Waals surface area (Å²) < 4.78 is 1.28. The molecule has 5 rings (SSSR count). The summed E-state index contributed by atoms with van der Waals surface area (Å²) in [5.41, 5.74) is 3.95. The lowest BCUT2D eigenvalue weighted by Gasteiger charge is -2.34. The Bertz CT molecular complexity index is 1320. The molecule has 0 radical (unpaired) electrons. The minimum absolute atomic E-state index is 0.266. The van der Waals surface area contributed by atoms with Crippen LogP contribution in [0.2, 0.25) is 0 Å². The van der Waals surface area contributed by atoms with Crippen LogP contribution in [0.25, 0.3) is 16.9 Å². The fourth-order valence-corrected chi connectivity index (χ4v) is 4.07. The minimum atomic E-state index is -0.283. The fraction of sp³-hybridized carbons (Fsp3) is 0.240. The van der Waals surface area contributed by atoms with Gasteiger partial charge in [-0.3, -0.25) is 14.7 Å². The molecule has 8 heteroatoms. The van der Waals surface area contributed by atoms with Crippen LogP contribution < -0.4 is 15.8 Å². The average Bonchev–Trinajstić information content (AvgIpc) is 3.29. The molecule has 0 unspecified atom stereocenters. The number of anilines is 1. The zero-order valence-electron chi connectivity index (χ0n) is 18.5. The maximum atomic E-state index is 12.9. The third kappa shape index (κ3) is 4.38. The van der Waals surface area contributed by atoms with Gasteiger partial charge < -0.3 is 15.1 Å². The lowest BCUT2D eigenvalue weighted by atomic mass is 10.1. The molecule has 1 amide bonds. The Morgan fingerprint density at radius 1 is 1.03 bits per heavy atom. The van der Waals surface area contributed by atoms with Crippen molar-refractivity contribution < 1.29 is 4.79 Å². The zero-order chi connectivity index (χ0) is 22.8. The van der Waals surface area contributed by atoms with Gasteiger partial charge in [0.2, 0.25) is 0 Å². The predicted octanol–water partition coefficient (Wildman–Crippen LogP) is 2.37. The molecule has 0 saturated carbocycles. The number of aromatic nitrogens is 3. The Morgan fingerprint density at radius 2 is 1.76 bits per heavy atom. The zero-order valence-corrected chi connectivity index (χ0v) is 18.5. The van der Waals surface area contributed by atoms with Gasteiger partial charge in [-0.05, 0) is 24.7 Å². The molecule has 2 aromatic carbocycles. The summed E-state index contributed by atoms with van der Waals surface area (Å²) in [6.07, 6.45) is 1.52. The van der Waals surface area contributed by atoms with Gasteiger partial charge >= 0.3 is 0 Å². The normalized spacial score (nSPS) is 14.5. The molecule has 2 N–H and O–H groups in total. The van der Waals surface area contributed by atoms with Crippen molar-refractivity contribution in [1.29, 1.82) is 0 Å². The highest BCUT2D eigenvalue weighted by atomic mass is 16.2. The third-order valence-electron chi connectivity index (χ3n) is 6.07. The molecule has 168 valence electrons. The van der Waals surface area contributed by atoms with E-state index in [0.717, 1.165) is 37.3 Å². The van der Waals surface area contributed by atoms with E-state index in [1.807, 2.05) is 42.5 Å². The number of aromatic amines is 1. The van der Waals surface area contributed by atoms with E-state index in [1.165, 1.54) is 22.5 Å². The van der Waals surface area contributed by atoms with Gasteiger partial charge in [-0.2, -0.15) is 0 Å².